The number of alkyl halides is 1. The molecule has 2 rings (SSSR count). The molecule has 0 bridgehead atoms. The molecule has 4 nitrogen and oxygen atoms in total. The molecule has 0 aromatic heterocycles. The lowest BCUT2D eigenvalue weighted by atomic mass is 10.1. The average Bonchev–Trinajstić information content (AvgIpc) is 2.49. The van der Waals surface area contributed by atoms with Crippen molar-refractivity contribution in [1.82, 2.24) is 4.90 Å². The van der Waals surface area contributed by atoms with Gasteiger partial charge in [0, 0.05) is 12.2 Å². The molecule has 1 heterocycles. The molecule has 1 aliphatic heterocycles. The van der Waals surface area contributed by atoms with Gasteiger partial charge in [0.1, 0.15) is 12.4 Å². The van der Waals surface area contributed by atoms with Crippen LogP contribution in [0.1, 0.15) is 33.1 Å². The SMILES string of the molecule is CC(C)(Br)C(=O)Nc1ccc(OCCN2CCCCC2)cc1. The molecule has 1 aromatic rings. The fourth-order valence-electron chi connectivity index (χ4n) is 2.39. The van der Waals surface area contributed by atoms with E-state index in [0.717, 1.165) is 18.0 Å². The number of likely N-dealkylation sites (tertiary alicyclic amines) is 1. The van der Waals surface area contributed by atoms with Crippen LogP contribution in [0.15, 0.2) is 24.3 Å². The van der Waals surface area contributed by atoms with Crippen molar-refractivity contribution in [2.75, 3.05) is 31.6 Å². The summed E-state index contributed by atoms with van der Waals surface area (Å²) in [6.45, 7) is 7.71. The molecule has 1 aliphatic rings. The van der Waals surface area contributed by atoms with E-state index in [1.807, 2.05) is 38.1 Å². The molecule has 1 saturated heterocycles. The van der Waals surface area contributed by atoms with Crippen molar-refractivity contribution in [3.05, 3.63) is 24.3 Å². The van der Waals surface area contributed by atoms with E-state index in [2.05, 4.69) is 26.1 Å². The number of carbonyl (C=O) groups excluding carboxylic acids is 1. The van der Waals surface area contributed by atoms with Gasteiger partial charge in [0.15, 0.2) is 0 Å². The zero-order chi connectivity index (χ0) is 16.0. The first kappa shape index (κ1) is 17.3. The molecule has 1 N–H and O–H groups in total. The molecule has 0 unspecified atom stereocenters. The van der Waals surface area contributed by atoms with Crippen LogP contribution >= 0.6 is 15.9 Å². The van der Waals surface area contributed by atoms with Crippen molar-refractivity contribution >= 4 is 27.5 Å². The van der Waals surface area contributed by atoms with E-state index in [9.17, 15) is 4.79 Å². The van der Waals surface area contributed by atoms with Crippen LogP contribution in [0.4, 0.5) is 5.69 Å². The predicted molar refractivity (Wildman–Crippen MR) is 93.9 cm³/mol. The molecular formula is C17H25BrN2O2. The zero-order valence-electron chi connectivity index (χ0n) is 13.4. The van der Waals surface area contributed by atoms with Crippen molar-refractivity contribution in [1.29, 1.82) is 0 Å². The fourth-order valence-corrected chi connectivity index (χ4v) is 2.49. The first-order valence-corrected chi connectivity index (χ1v) is 8.70. The highest BCUT2D eigenvalue weighted by molar-refractivity contribution is 9.10. The largest absolute Gasteiger partial charge is 0.492 e. The summed E-state index contributed by atoms with van der Waals surface area (Å²) in [4.78, 5) is 14.3. The number of ether oxygens (including phenoxy) is 1. The third-order valence-electron chi connectivity index (χ3n) is 3.78. The van der Waals surface area contributed by atoms with E-state index in [1.165, 1.54) is 32.4 Å². The first-order valence-electron chi connectivity index (χ1n) is 7.91. The molecule has 0 spiro atoms. The lowest BCUT2D eigenvalue weighted by molar-refractivity contribution is -0.117. The summed E-state index contributed by atoms with van der Waals surface area (Å²) in [7, 11) is 0. The lowest BCUT2D eigenvalue weighted by Crippen LogP contribution is -2.33. The third kappa shape index (κ3) is 5.61. The van der Waals surface area contributed by atoms with Gasteiger partial charge in [-0.25, -0.2) is 0 Å². The second-order valence-corrected chi connectivity index (χ2v) is 8.18. The first-order chi connectivity index (χ1) is 10.4. The Bertz CT molecular complexity index is 476. The van der Waals surface area contributed by atoms with Crippen LogP contribution in [0.2, 0.25) is 0 Å². The molecule has 1 amide bonds. The van der Waals surface area contributed by atoms with Gasteiger partial charge in [-0.15, -0.1) is 0 Å². The molecule has 0 atom stereocenters. The second-order valence-electron chi connectivity index (χ2n) is 6.20. The van der Waals surface area contributed by atoms with E-state index < -0.39 is 4.32 Å². The smallest absolute Gasteiger partial charge is 0.240 e. The highest BCUT2D eigenvalue weighted by Crippen LogP contribution is 2.21. The van der Waals surface area contributed by atoms with Gasteiger partial charge in [-0.1, -0.05) is 22.4 Å². The molecule has 1 fully saturated rings. The van der Waals surface area contributed by atoms with Crippen LogP contribution in [0.25, 0.3) is 0 Å². The number of amides is 1. The van der Waals surface area contributed by atoms with Crippen molar-refractivity contribution in [3.63, 3.8) is 0 Å². The number of nitrogens with one attached hydrogen (secondary N) is 1. The van der Waals surface area contributed by atoms with Crippen molar-refractivity contribution in [3.8, 4) is 5.75 Å². The molecule has 22 heavy (non-hydrogen) atoms. The second kappa shape index (κ2) is 7.97. The van der Waals surface area contributed by atoms with E-state index in [4.69, 9.17) is 4.74 Å². The van der Waals surface area contributed by atoms with E-state index in [-0.39, 0.29) is 5.91 Å². The van der Waals surface area contributed by atoms with Crippen LogP contribution in [0, 0.1) is 0 Å². The standard InChI is InChI=1S/C17H25BrN2O2/c1-17(2,18)16(21)19-14-6-8-15(9-7-14)22-13-12-20-10-4-3-5-11-20/h6-9H,3-5,10-13H2,1-2H3,(H,19,21). The van der Waals surface area contributed by atoms with E-state index in [1.54, 1.807) is 0 Å². The molecule has 0 radical (unpaired) electrons. The molecular weight excluding hydrogens is 344 g/mol. The summed E-state index contributed by atoms with van der Waals surface area (Å²) >= 11 is 3.35. The number of nitrogens with zero attached hydrogens (tertiary/aromatic N) is 1. The molecule has 0 aliphatic carbocycles. The van der Waals surface area contributed by atoms with Gasteiger partial charge in [0.25, 0.3) is 0 Å². The Morgan fingerprint density at radius 3 is 2.45 bits per heavy atom. The number of hydrogen-bond acceptors (Lipinski definition) is 3. The molecule has 1 aromatic carbocycles. The summed E-state index contributed by atoms with van der Waals surface area (Å²) in [5.74, 6) is 0.777. The summed E-state index contributed by atoms with van der Waals surface area (Å²) in [6, 6.07) is 7.53. The normalized spacial score (nSPS) is 16.3. The van der Waals surface area contributed by atoms with Crippen LogP contribution < -0.4 is 10.1 Å². The van der Waals surface area contributed by atoms with Gasteiger partial charge in [0.05, 0.1) is 4.32 Å². The maximum absolute atomic E-state index is 11.9. The van der Waals surface area contributed by atoms with Crippen LogP contribution in [-0.4, -0.2) is 41.4 Å². The Morgan fingerprint density at radius 2 is 1.86 bits per heavy atom. The monoisotopic (exact) mass is 368 g/mol. The number of halogens is 1. The van der Waals surface area contributed by atoms with Gasteiger partial charge in [-0.3, -0.25) is 9.69 Å². The average molecular weight is 369 g/mol. The number of rotatable bonds is 6. The van der Waals surface area contributed by atoms with Gasteiger partial charge in [-0.2, -0.15) is 0 Å². The van der Waals surface area contributed by atoms with Crippen LogP contribution in [-0.2, 0) is 4.79 Å². The van der Waals surface area contributed by atoms with Gasteiger partial charge >= 0.3 is 0 Å². The molecule has 122 valence electrons. The predicted octanol–water partition coefficient (Wildman–Crippen LogP) is 3.66. The third-order valence-corrected chi connectivity index (χ3v) is 4.14. The summed E-state index contributed by atoms with van der Waals surface area (Å²) in [6.07, 6.45) is 3.96. The number of carbonyl (C=O) groups is 1. The number of benzene rings is 1. The van der Waals surface area contributed by atoms with E-state index in [0.29, 0.717) is 6.61 Å². The summed E-state index contributed by atoms with van der Waals surface area (Å²) in [5.41, 5.74) is 0.779. The molecule has 0 saturated carbocycles. The summed E-state index contributed by atoms with van der Waals surface area (Å²) < 4.78 is 5.20. The Balaban J connectivity index is 1.75. The van der Waals surface area contributed by atoms with Crippen molar-refractivity contribution in [2.24, 2.45) is 0 Å². The minimum Gasteiger partial charge on any atom is -0.492 e. The van der Waals surface area contributed by atoms with Crippen molar-refractivity contribution < 1.29 is 9.53 Å². The minimum atomic E-state index is -0.573. The fraction of sp³-hybridized carbons (Fsp3) is 0.588. The van der Waals surface area contributed by atoms with Crippen LogP contribution in [0.3, 0.4) is 0 Å². The van der Waals surface area contributed by atoms with Gasteiger partial charge in [-0.05, 0) is 64.0 Å². The number of piperidine rings is 1. The van der Waals surface area contributed by atoms with Gasteiger partial charge < -0.3 is 10.1 Å². The molecule has 5 heteroatoms. The Morgan fingerprint density at radius 1 is 1.23 bits per heavy atom. The highest BCUT2D eigenvalue weighted by atomic mass is 79.9. The highest BCUT2D eigenvalue weighted by Gasteiger charge is 2.23. The Hall–Kier alpha value is -1.07. The van der Waals surface area contributed by atoms with Crippen LogP contribution in [0.5, 0.6) is 5.75 Å². The Kier molecular flexibility index (Phi) is 6.26. The maximum atomic E-state index is 11.9. The van der Waals surface area contributed by atoms with Gasteiger partial charge in [0.2, 0.25) is 5.91 Å². The maximum Gasteiger partial charge on any atom is 0.240 e. The minimum absolute atomic E-state index is 0.0636. The summed E-state index contributed by atoms with van der Waals surface area (Å²) in [5, 5.41) is 2.87. The lowest BCUT2D eigenvalue weighted by Gasteiger charge is -2.26. The Labute approximate surface area is 141 Å². The topological polar surface area (TPSA) is 41.6 Å². The number of hydrogen-bond donors (Lipinski definition) is 1. The van der Waals surface area contributed by atoms with Crippen molar-refractivity contribution in [2.45, 2.75) is 37.4 Å². The quantitative estimate of drug-likeness (QED) is 0.778. The number of anilines is 1. The zero-order valence-corrected chi connectivity index (χ0v) is 15.0. The van der Waals surface area contributed by atoms with E-state index >= 15 is 0 Å².